The van der Waals surface area contributed by atoms with Gasteiger partial charge in [0.25, 0.3) is 0 Å². The summed E-state index contributed by atoms with van der Waals surface area (Å²) in [6, 6.07) is 19.7. The van der Waals surface area contributed by atoms with Crippen molar-refractivity contribution < 1.29 is 4.84 Å². The zero-order chi connectivity index (χ0) is 16.9. The van der Waals surface area contributed by atoms with E-state index >= 15 is 0 Å². The van der Waals surface area contributed by atoms with Gasteiger partial charge < -0.3 is 0 Å². The summed E-state index contributed by atoms with van der Waals surface area (Å²) in [4.78, 5) is 8.37. The Morgan fingerprint density at radius 1 is 1.00 bits per heavy atom. The third-order valence-electron chi connectivity index (χ3n) is 4.52. The first-order valence-electron chi connectivity index (χ1n) is 8.98. The Morgan fingerprint density at radius 3 is 2.21 bits per heavy atom. The quantitative estimate of drug-likeness (QED) is 0.708. The molecule has 0 spiro atoms. The first kappa shape index (κ1) is 17.2. The molecule has 1 unspecified atom stereocenters. The Bertz CT molecular complexity index is 624. The summed E-state index contributed by atoms with van der Waals surface area (Å²) >= 11 is 0. The zero-order valence-electron chi connectivity index (χ0n) is 15.0. The van der Waals surface area contributed by atoms with Crippen molar-refractivity contribution in [2.75, 3.05) is 26.2 Å². The third kappa shape index (κ3) is 4.44. The summed E-state index contributed by atoms with van der Waals surface area (Å²) < 4.78 is 0. The average molecular weight is 324 g/mol. The van der Waals surface area contributed by atoms with Crippen LogP contribution in [0, 0.1) is 0 Å². The molecule has 0 bridgehead atoms. The minimum absolute atomic E-state index is 0.259. The number of rotatable bonds is 4. The number of hydrogen-bond donors (Lipinski definition) is 0. The number of fused-ring (bicyclic) bond motifs is 1. The molecule has 3 nitrogen and oxygen atoms in total. The van der Waals surface area contributed by atoms with Crippen LogP contribution in [0.2, 0.25) is 0 Å². The Labute approximate surface area is 145 Å². The lowest BCUT2D eigenvalue weighted by Crippen LogP contribution is -2.48. The Kier molecular flexibility index (Phi) is 5.67. The van der Waals surface area contributed by atoms with Crippen molar-refractivity contribution in [3.63, 3.8) is 0 Å². The van der Waals surface area contributed by atoms with Gasteiger partial charge >= 0.3 is 0 Å². The number of hydrogen-bond acceptors (Lipinski definition) is 3. The van der Waals surface area contributed by atoms with Crippen LogP contribution < -0.4 is 0 Å². The van der Waals surface area contributed by atoms with E-state index in [1.807, 2.05) is 0 Å². The highest BCUT2D eigenvalue weighted by Gasteiger charge is 2.27. The Morgan fingerprint density at radius 2 is 1.71 bits per heavy atom. The van der Waals surface area contributed by atoms with Crippen LogP contribution in [0.25, 0.3) is 11.1 Å². The van der Waals surface area contributed by atoms with E-state index in [4.69, 9.17) is 4.84 Å². The van der Waals surface area contributed by atoms with E-state index in [1.165, 1.54) is 16.7 Å². The van der Waals surface area contributed by atoms with Gasteiger partial charge in [0.15, 0.2) is 0 Å². The number of nitrogens with zero attached hydrogens (tertiary/aromatic N) is 2. The monoisotopic (exact) mass is 324 g/mol. The molecule has 0 N–H and O–H groups in total. The lowest BCUT2D eigenvalue weighted by Gasteiger charge is -2.41. The minimum atomic E-state index is 0.259. The summed E-state index contributed by atoms with van der Waals surface area (Å²) in [5.41, 5.74) is 4.24. The van der Waals surface area contributed by atoms with Gasteiger partial charge in [0.2, 0.25) is 0 Å². The molecule has 1 saturated heterocycles. The lowest BCUT2D eigenvalue weighted by atomic mass is 10.0. The zero-order valence-corrected chi connectivity index (χ0v) is 15.0. The first-order chi connectivity index (χ1) is 11.7. The molecule has 0 radical (unpaired) electrons. The van der Waals surface area contributed by atoms with Crippen molar-refractivity contribution in [3.8, 4) is 11.1 Å². The fourth-order valence-electron chi connectivity index (χ4n) is 3.23. The second-order valence-electron chi connectivity index (χ2n) is 6.68. The molecule has 1 heterocycles. The Balaban J connectivity index is 0.000000231. The SMILES string of the molecule is CCN1CCN(OC(C)C)CC1c1ccccc1.c1cc2cc-2c1. The van der Waals surface area contributed by atoms with Crippen molar-refractivity contribution in [3.05, 3.63) is 60.2 Å². The number of benzene rings is 2. The second kappa shape index (κ2) is 7.93. The molecular weight excluding hydrogens is 296 g/mol. The molecular formula is C21H28N2O. The van der Waals surface area contributed by atoms with Gasteiger partial charge in [-0.1, -0.05) is 55.5 Å². The molecule has 3 aliphatic rings. The van der Waals surface area contributed by atoms with Gasteiger partial charge in [-0.25, -0.2) is 0 Å². The molecule has 1 fully saturated rings. The van der Waals surface area contributed by atoms with Crippen LogP contribution in [0.5, 0.6) is 0 Å². The Hall–Kier alpha value is -1.68. The van der Waals surface area contributed by atoms with Gasteiger partial charge in [-0.3, -0.25) is 9.74 Å². The first-order valence-corrected chi connectivity index (χ1v) is 8.98. The number of likely N-dealkylation sites (N-methyl/N-ethyl adjacent to an activating group) is 1. The van der Waals surface area contributed by atoms with Crippen LogP contribution in [-0.2, 0) is 4.84 Å². The molecule has 24 heavy (non-hydrogen) atoms. The van der Waals surface area contributed by atoms with E-state index in [0.29, 0.717) is 6.04 Å². The van der Waals surface area contributed by atoms with Crippen LogP contribution >= 0.6 is 0 Å². The van der Waals surface area contributed by atoms with Crippen LogP contribution in [-0.4, -0.2) is 42.2 Å². The van der Waals surface area contributed by atoms with Gasteiger partial charge in [-0.05, 0) is 43.1 Å². The lowest BCUT2D eigenvalue weighted by molar-refractivity contribution is -0.212. The number of piperazine rings is 1. The predicted octanol–water partition coefficient (Wildman–Crippen LogP) is 4.37. The van der Waals surface area contributed by atoms with E-state index in [0.717, 1.165) is 26.2 Å². The highest BCUT2D eigenvalue weighted by atomic mass is 16.7. The minimum Gasteiger partial charge on any atom is -0.296 e. The van der Waals surface area contributed by atoms with E-state index in [2.05, 4.69) is 85.3 Å². The highest BCUT2D eigenvalue weighted by Crippen LogP contribution is 2.32. The molecule has 0 saturated carbocycles. The normalized spacial score (nSPS) is 19.8. The molecule has 1 aromatic carbocycles. The summed E-state index contributed by atoms with van der Waals surface area (Å²) in [5, 5.41) is 2.12. The molecule has 2 aliphatic carbocycles. The maximum absolute atomic E-state index is 5.84. The molecule has 4 rings (SSSR count). The van der Waals surface area contributed by atoms with E-state index in [1.54, 1.807) is 0 Å². The molecule has 128 valence electrons. The summed E-state index contributed by atoms with van der Waals surface area (Å²) in [5.74, 6) is 0. The molecule has 0 aromatic heterocycles. The van der Waals surface area contributed by atoms with Gasteiger partial charge in [0.1, 0.15) is 0 Å². The molecule has 3 heteroatoms. The van der Waals surface area contributed by atoms with Gasteiger partial charge in [0, 0.05) is 25.7 Å². The maximum atomic E-state index is 5.84. The molecule has 0 amide bonds. The fourth-order valence-corrected chi connectivity index (χ4v) is 3.23. The summed E-state index contributed by atoms with van der Waals surface area (Å²) in [6.07, 6.45) is 0.259. The largest absolute Gasteiger partial charge is 0.296 e. The van der Waals surface area contributed by atoms with E-state index < -0.39 is 0 Å². The topological polar surface area (TPSA) is 15.7 Å². The van der Waals surface area contributed by atoms with Crippen LogP contribution in [0.4, 0.5) is 0 Å². The van der Waals surface area contributed by atoms with Gasteiger partial charge in [0.05, 0.1) is 6.10 Å². The summed E-state index contributed by atoms with van der Waals surface area (Å²) in [6.45, 7) is 10.5. The molecule has 1 aromatic rings. The molecule has 1 atom stereocenters. The second-order valence-corrected chi connectivity index (χ2v) is 6.68. The smallest absolute Gasteiger partial charge is 0.0737 e. The van der Waals surface area contributed by atoms with Crippen LogP contribution in [0.1, 0.15) is 32.4 Å². The predicted molar refractivity (Wildman–Crippen MR) is 99.7 cm³/mol. The van der Waals surface area contributed by atoms with Gasteiger partial charge in [-0.15, -0.1) is 0 Å². The van der Waals surface area contributed by atoms with E-state index in [-0.39, 0.29) is 6.10 Å². The van der Waals surface area contributed by atoms with Gasteiger partial charge in [-0.2, -0.15) is 5.06 Å². The highest BCUT2D eigenvalue weighted by molar-refractivity contribution is 5.80. The van der Waals surface area contributed by atoms with Crippen molar-refractivity contribution in [1.29, 1.82) is 0 Å². The van der Waals surface area contributed by atoms with Crippen LogP contribution in [0.15, 0.2) is 54.6 Å². The van der Waals surface area contributed by atoms with Crippen molar-refractivity contribution in [2.24, 2.45) is 0 Å². The third-order valence-corrected chi connectivity index (χ3v) is 4.52. The fraction of sp³-hybridized carbons (Fsp3) is 0.429. The van der Waals surface area contributed by atoms with E-state index in [9.17, 15) is 0 Å². The maximum Gasteiger partial charge on any atom is 0.0737 e. The van der Waals surface area contributed by atoms with Crippen LogP contribution in [0.3, 0.4) is 0 Å². The van der Waals surface area contributed by atoms with Crippen molar-refractivity contribution in [1.82, 2.24) is 9.96 Å². The molecule has 1 aliphatic heterocycles. The van der Waals surface area contributed by atoms with Crippen molar-refractivity contribution in [2.45, 2.75) is 32.9 Å². The average Bonchev–Trinajstić information content (AvgIpc) is 3.21. The summed E-state index contributed by atoms with van der Waals surface area (Å²) in [7, 11) is 0. The van der Waals surface area contributed by atoms with Crippen molar-refractivity contribution >= 4 is 0 Å². The number of hydroxylamine groups is 2. The standard InChI is InChI=1S/C15H24N2O.C6H4/c1-4-16-10-11-17(18-13(2)3)12-15(16)14-8-6-5-7-9-14;1-2-5-4-6(5)3-1/h5-9,13,15H,4,10-12H2,1-3H3;1-4H.